The van der Waals surface area contributed by atoms with Crippen molar-refractivity contribution in [1.29, 1.82) is 0 Å². The highest BCUT2D eigenvalue weighted by Crippen LogP contribution is 2.14. The first-order chi connectivity index (χ1) is 9.63. The van der Waals surface area contributed by atoms with Gasteiger partial charge in [-0.15, -0.1) is 5.10 Å². The molecular weight excluding hydrogens is 261 g/mol. The molecule has 1 aromatic heterocycles. The van der Waals surface area contributed by atoms with E-state index in [4.69, 9.17) is 5.11 Å². The number of carbonyl (C=O) groups is 1. The topological polar surface area (TPSA) is 68.0 Å². The Balaban J connectivity index is 2.31. The number of carboxylic acids is 1. The predicted octanol–water partition coefficient (Wildman–Crippen LogP) is 2.51. The highest BCUT2D eigenvalue weighted by molar-refractivity contribution is 5.86. The molecule has 1 N–H and O–H groups in total. The SMILES string of the molecule is CCCCc1c(C(=O)O)nnn1Cc1ccccc1F. The Labute approximate surface area is 116 Å². The smallest absolute Gasteiger partial charge is 0.358 e. The minimum Gasteiger partial charge on any atom is -0.476 e. The second-order valence-electron chi connectivity index (χ2n) is 4.54. The lowest BCUT2D eigenvalue weighted by Crippen LogP contribution is -2.10. The Morgan fingerprint density at radius 2 is 2.15 bits per heavy atom. The van der Waals surface area contributed by atoms with E-state index in [1.807, 2.05) is 6.92 Å². The van der Waals surface area contributed by atoms with E-state index in [1.54, 1.807) is 18.2 Å². The van der Waals surface area contributed by atoms with Crippen molar-refractivity contribution >= 4 is 5.97 Å². The van der Waals surface area contributed by atoms with Gasteiger partial charge in [-0.25, -0.2) is 13.9 Å². The molecule has 0 saturated carbocycles. The van der Waals surface area contributed by atoms with Gasteiger partial charge in [0.25, 0.3) is 0 Å². The fraction of sp³-hybridized carbons (Fsp3) is 0.357. The molecule has 0 atom stereocenters. The molecule has 5 nitrogen and oxygen atoms in total. The van der Waals surface area contributed by atoms with Crippen LogP contribution in [0.3, 0.4) is 0 Å². The molecule has 0 fully saturated rings. The van der Waals surface area contributed by atoms with Crippen LogP contribution in [0.25, 0.3) is 0 Å². The summed E-state index contributed by atoms with van der Waals surface area (Å²) in [6.07, 6.45) is 2.34. The molecular formula is C14H16FN3O2. The van der Waals surface area contributed by atoms with Gasteiger partial charge in [-0.2, -0.15) is 0 Å². The molecule has 0 spiro atoms. The third-order valence-electron chi connectivity index (χ3n) is 3.09. The van der Waals surface area contributed by atoms with E-state index in [0.717, 1.165) is 12.8 Å². The molecule has 0 bridgehead atoms. The largest absolute Gasteiger partial charge is 0.476 e. The number of halogens is 1. The van der Waals surface area contributed by atoms with E-state index in [9.17, 15) is 9.18 Å². The quantitative estimate of drug-likeness (QED) is 0.881. The number of unbranched alkanes of at least 4 members (excludes halogenated alkanes) is 1. The molecule has 0 aliphatic rings. The third kappa shape index (κ3) is 3.01. The maximum atomic E-state index is 13.6. The first-order valence-electron chi connectivity index (χ1n) is 6.52. The van der Waals surface area contributed by atoms with Crippen molar-refractivity contribution in [3.8, 4) is 0 Å². The van der Waals surface area contributed by atoms with E-state index in [-0.39, 0.29) is 18.1 Å². The summed E-state index contributed by atoms with van der Waals surface area (Å²) in [6, 6.07) is 6.37. The third-order valence-corrected chi connectivity index (χ3v) is 3.09. The van der Waals surface area contributed by atoms with Crippen LogP contribution in [0, 0.1) is 5.82 Å². The van der Waals surface area contributed by atoms with Crippen molar-refractivity contribution in [1.82, 2.24) is 15.0 Å². The average Bonchev–Trinajstić information content (AvgIpc) is 2.82. The van der Waals surface area contributed by atoms with Gasteiger partial charge in [0.2, 0.25) is 0 Å². The van der Waals surface area contributed by atoms with Crippen molar-refractivity contribution < 1.29 is 14.3 Å². The van der Waals surface area contributed by atoms with Crippen molar-refractivity contribution in [2.75, 3.05) is 0 Å². The number of carboxylic acid groups (broad SMARTS) is 1. The second kappa shape index (κ2) is 6.27. The van der Waals surface area contributed by atoms with Crippen molar-refractivity contribution in [3.63, 3.8) is 0 Å². The number of aromatic carboxylic acids is 1. The maximum Gasteiger partial charge on any atom is 0.358 e. The summed E-state index contributed by atoms with van der Waals surface area (Å²) in [7, 11) is 0. The van der Waals surface area contributed by atoms with Crippen molar-refractivity contribution in [2.24, 2.45) is 0 Å². The minimum absolute atomic E-state index is 0.0465. The monoisotopic (exact) mass is 277 g/mol. The van der Waals surface area contributed by atoms with Gasteiger partial charge in [-0.1, -0.05) is 36.8 Å². The Kier molecular flexibility index (Phi) is 4.45. The van der Waals surface area contributed by atoms with Gasteiger partial charge < -0.3 is 5.11 Å². The lowest BCUT2D eigenvalue weighted by atomic mass is 10.1. The molecule has 2 aromatic rings. The Bertz CT molecular complexity index is 610. The Morgan fingerprint density at radius 3 is 2.80 bits per heavy atom. The predicted molar refractivity (Wildman–Crippen MR) is 71.1 cm³/mol. The molecule has 2 rings (SSSR count). The number of aromatic nitrogens is 3. The van der Waals surface area contributed by atoms with Gasteiger partial charge >= 0.3 is 5.97 Å². The summed E-state index contributed by atoms with van der Waals surface area (Å²) in [4.78, 5) is 11.1. The molecule has 0 unspecified atom stereocenters. The highest BCUT2D eigenvalue weighted by atomic mass is 19.1. The van der Waals surface area contributed by atoms with Crippen LogP contribution < -0.4 is 0 Å². The summed E-state index contributed by atoms with van der Waals surface area (Å²) in [6.45, 7) is 2.21. The molecule has 0 radical (unpaired) electrons. The van der Waals surface area contributed by atoms with E-state index in [0.29, 0.717) is 17.7 Å². The number of rotatable bonds is 6. The van der Waals surface area contributed by atoms with Gasteiger partial charge in [0.15, 0.2) is 5.69 Å². The molecule has 1 heterocycles. The van der Waals surface area contributed by atoms with E-state index in [2.05, 4.69) is 10.3 Å². The van der Waals surface area contributed by atoms with Gasteiger partial charge in [-0.3, -0.25) is 0 Å². The summed E-state index contributed by atoms with van der Waals surface area (Å²) in [5, 5.41) is 16.6. The number of benzene rings is 1. The lowest BCUT2D eigenvalue weighted by molar-refractivity contribution is 0.0689. The van der Waals surface area contributed by atoms with Crippen LogP contribution in [0.2, 0.25) is 0 Å². The van der Waals surface area contributed by atoms with Crippen LogP contribution in [0.4, 0.5) is 4.39 Å². The van der Waals surface area contributed by atoms with Crippen LogP contribution in [0.15, 0.2) is 24.3 Å². The first-order valence-corrected chi connectivity index (χ1v) is 6.52. The standard InChI is InChI=1S/C14H16FN3O2/c1-2-3-8-12-13(14(19)20)16-17-18(12)9-10-6-4-5-7-11(10)15/h4-7H,2-3,8-9H2,1H3,(H,19,20). The fourth-order valence-corrected chi connectivity index (χ4v) is 2.01. The average molecular weight is 277 g/mol. The van der Waals surface area contributed by atoms with Gasteiger partial charge in [-0.05, 0) is 18.9 Å². The Hall–Kier alpha value is -2.24. The van der Waals surface area contributed by atoms with Crippen LogP contribution >= 0.6 is 0 Å². The first kappa shape index (κ1) is 14.2. The Morgan fingerprint density at radius 1 is 1.40 bits per heavy atom. The van der Waals surface area contributed by atoms with E-state index in [1.165, 1.54) is 10.7 Å². The van der Waals surface area contributed by atoms with Crippen LogP contribution in [0.1, 0.15) is 41.5 Å². The molecule has 20 heavy (non-hydrogen) atoms. The zero-order valence-electron chi connectivity index (χ0n) is 11.2. The molecule has 0 saturated heterocycles. The zero-order chi connectivity index (χ0) is 14.5. The number of hydrogen-bond acceptors (Lipinski definition) is 3. The highest BCUT2D eigenvalue weighted by Gasteiger charge is 2.19. The number of nitrogens with zero attached hydrogens (tertiary/aromatic N) is 3. The summed E-state index contributed by atoms with van der Waals surface area (Å²) < 4.78 is 15.1. The molecule has 0 aliphatic heterocycles. The van der Waals surface area contributed by atoms with Crippen LogP contribution in [0.5, 0.6) is 0 Å². The van der Waals surface area contributed by atoms with Gasteiger partial charge in [0.05, 0.1) is 12.2 Å². The normalized spacial score (nSPS) is 10.7. The lowest BCUT2D eigenvalue weighted by Gasteiger charge is -2.07. The summed E-state index contributed by atoms with van der Waals surface area (Å²) >= 11 is 0. The molecule has 106 valence electrons. The fourth-order valence-electron chi connectivity index (χ4n) is 2.01. The second-order valence-corrected chi connectivity index (χ2v) is 4.54. The maximum absolute atomic E-state index is 13.6. The molecule has 6 heteroatoms. The van der Waals surface area contributed by atoms with Gasteiger partial charge in [0, 0.05) is 5.56 Å². The van der Waals surface area contributed by atoms with Crippen LogP contribution in [-0.4, -0.2) is 26.1 Å². The van der Waals surface area contributed by atoms with Gasteiger partial charge in [0.1, 0.15) is 5.82 Å². The zero-order valence-corrected chi connectivity index (χ0v) is 11.2. The summed E-state index contributed by atoms with van der Waals surface area (Å²) in [5.41, 5.74) is 0.962. The minimum atomic E-state index is -1.10. The van der Waals surface area contributed by atoms with Crippen molar-refractivity contribution in [3.05, 3.63) is 47.0 Å². The molecule has 1 aromatic carbocycles. The van der Waals surface area contributed by atoms with Crippen molar-refractivity contribution in [2.45, 2.75) is 32.7 Å². The molecule has 0 amide bonds. The van der Waals surface area contributed by atoms with E-state index < -0.39 is 5.97 Å². The van der Waals surface area contributed by atoms with E-state index >= 15 is 0 Å². The van der Waals surface area contributed by atoms with Crippen LogP contribution in [-0.2, 0) is 13.0 Å². The number of hydrogen-bond donors (Lipinski definition) is 1. The summed E-state index contributed by atoms with van der Waals surface area (Å²) in [5.74, 6) is -1.43. The molecule has 0 aliphatic carbocycles.